The molecule has 0 fully saturated rings. The van der Waals surface area contributed by atoms with Crippen LogP contribution in [0.1, 0.15) is 6.92 Å². The van der Waals surface area contributed by atoms with Crippen molar-refractivity contribution in [2.75, 3.05) is 11.9 Å². The van der Waals surface area contributed by atoms with Crippen LogP contribution in [0.25, 0.3) is 0 Å². The van der Waals surface area contributed by atoms with E-state index < -0.39 is 30.4 Å². The number of esters is 1. The molecule has 1 aromatic carbocycles. The van der Waals surface area contributed by atoms with Crippen LogP contribution in [-0.2, 0) is 14.3 Å². The van der Waals surface area contributed by atoms with E-state index in [1.807, 2.05) is 0 Å². The molecule has 126 valence electrons. The molecule has 0 radical (unpaired) electrons. The van der Waals surface area contributed by atoms with E-state index in [0.717, 1.165) is 6.07 Å². The van der Waals surface area contributed by atoms with Crippen molar-refractivity contribution in [3.05, 3.63) is 53.4 Å². The summed E-state index contributed by atoms with van der Waals surface area (Å²) in [6, 6.07) is 8.41. The Kier molecular flexibility index (Phi) is 6.08. The van der Waals surface area contributed by atoms with Gasteiger partial charge in [-0.3, -0.25) is 4.79 Å². The fourth-order valence-electron chi connectivity index (χ4n) is 1.66. The SMILES string of the molecule is C[C@H](OC(=O)COc1cccc(F)c1)C(=O)Nc1ccc(Cl)cn1. The van der Waals surface area contributed by atoms with E-state index in [0.29, 0.717) is 5.02 Å². The summed E-state index contributed by atoms with van der Waals surface area (Å²) in [7, 11) is 0. The van der Waals surface area contributed by atoms with Crippen LogP contribution in [0.15, 0.2) is 42.6 Å². The summed E-state index contributed by atoms with van der Waals surface area (Å²) in [6.07, 6.45) is 0.326. The predicted octanol–water partition coefficient (Wildman–Crippen LogP) is 2.82. The number of carbonyl (C=O) groups is 2. The Morgan fingerprint density at radius 1 is 1.33 bits per heavy atom. The average molecular weight is 353 g/mol. The predicted molar refractivity (Wildman–Crippen MR) is 85.3 cm³/mol. The van der Waals surface area contributed by atoms with Crippen LogP contribution in [-0.4, -0.2) is 29.6 Å². The van der Waals surface area contributed by atoms with Gasteiger partial charge in [0.1, 0.15) is 17.4 Å². The molecule has 2 rings (SSSR count). The number of anilines is 1. The Morgan fingerprint density at radius 3 is 2.79 bits per heavy atom. The molecule has 1 amide bonds. The second-order valence-electron chi connectivity index (χ2n) is 4.73. The first-order chi connectivity index (χ1) is 11.4. The van der Waals surface area contributed by atoms with E-state index >= 15 is 0 Å². The first-order valence-electron chi connectivity index (χ1n) is 6.94. The van der Waals surface area contributed by atoms with Crippen molar-refractivity contribution < 1.29 is 23.5 Å². The van der Waals surface area contributed by atoms with Crippen LogP contribution in [0.4, 0.5) is 10.2 Å². The number of hydrogen-bond acceptors (Lipinski definition) is 5. The summed E-state index contributed by atoms with van der Waals surface area (Å²) in [6.45, 7) is 0.964. The Hall–Kier alpha value is -2.67. The van der Waals surface area contributed by atoms with E-state index in [4.69, 9.17) is 21.1 Å². The molecule has 1 heterocycles. The minimum atomic E-state index is -1.05. The number of carbonyl (C=O) groups excluding carboxylic acids is 2. The molecule has 0 saturated carbocycles. The number of ether oxygens (including phenoxy) is 2. The zero-order valence-corrected chi connectivity index (χ0v) is 13.4. The quantitative estimate of drug-likeness (QED) is 0.809. The minimum absolute atomic E-state index is 0.189. The van der Waals surface area contributed by atoms with Gasteiger partial charge in [-0.1, -0.05) is 17.7 Å². The largest absolute Gasteiger partial charge is 0.482 e. The number of halogens is 2. The lowest BCUT2D eigenvalue weighted by Gasteiger charge is -2.13. The Bertz CT molecular complexity index is 724. The molecule has 0 bridgehead atoms. The van der Waals surface area contributed by atoms with Gasteiger partial charge in [-0.05, 0) is 31.2 Å². The summed E-state index contributed by atoms with van der Waals surface area (Å²) in [4.78, 5) is 27.5. The average Bonchev–Trinajstić information content (AvgIpc) is 2.55. The third-order valence-electron chi connectivity index (χ3n) is 2.81. The normalized spacial score (nSPS) is 11.5. The van der Waals surface area contributed by atoms with Crippen molar-refractivity contribution in [3.8, 4) is 5.75 Å². The maximum absolute atomic E-state index is 13.0. The highest BCUT2D eigenvalue weighted by Gasteiger charge is 2.18. The van der Waals surface area contributed by atoms with Gasteiger partial charge >= 0.3 is 5.97 Å². The zero-order valence-electron chi connectivity index (χ0n) is 12.7. The van der Waals surface area contributed by atoms with Crippen LogP contribution in [0, 0.1) is 5.82 Å². The molecule has 2 aromatic rings. The minimum Gasteiger partial charge on any atom is -0.482 e. The lowest BCUT2D eigenvalue weighted by molar-refractivity contribution is -0.155. The summed E-state index contributed by atoms with van der Waals surface area (Å²) in [5.74, 6) is -1.32. The molecule has 6 nitrogen and oxygen atoms in total. The van der Waals surface area contributed by atoms with Crippen LogP contribution < -0.4 is 10.1 Å². The van der Waals surface area contributed by atoms with Crippen molar-refractivity contribution in [2.24, 2.45) is 0 Å². The van der Waals surface area contributed by atoms with Crippen LogP contribution >= 0.6 is 11.6 Å². The first kappa shape index (κ1) is 17.7. The van der Waals surface area contributed by atoms with Crippen LogP contribution in [0.2, 0.25) is 5.02 Å². The highest BCUT2D eigenvalue weighted by Crippen LogP contribution is 2.12. The highest BCUT2D eigenvalue weighted by molar-refractivity contribution is 6.30. The molecule has 0 aliphatic rings. The second kappa shape index (κ2) is 8.26. The van der Waals surface area contributed by atoms with Gasteiger partial charge in [-0.2, -0.15) is 0 Å². The highest BCUT2D eigenvalue weighted by atomic mass is 35.5. The van der Waals surface area contributed by atoms with Gasteiger partial charge in [-0.15, -0.1) is 0 Å². The molecule has 1 atom stereocenters. The van der Waals surface area contributed by atoms with E-state index in [2.05, 4.69) is 10.3 Å². The number of rotatable bonds is 6. The Balaban J connectivity index is 1.80. The zero-order chi connectivity index (χ0) is 17.5. The van der Waals surface area contributed by atoms with Crippen LogP contribution in [0.5, 0.6) is 5.75 Å². The van der Waals surface area contributed by atoms with Gasteiger partial charge in [0.05, 0.1) is 5.02 Å². The third kappa shape index (κ3) is 5.51. The third-order valence-corrected chi connectivity index (χ3v) is 3.03. The summed E-state index contributed by atoms with van der Waals surface area (Å²) >= 11 is 5.69. The van der Waals surface area contributed by atoms with E-state index in [9.17, 15) is 14.0 Å². The number of aromatic nitrogens is 1. The molecule has 0 aliphatic heterocycles. The summed E-state index contributed by atoms with van der Waals surface area (Å²) in [5, 5.41) is 2.91. The fraction of sp³-hybridized carbons (Fsp3) is 0.188. The van der Waals surface area contributed by atoms with Gasteiger partial charge < -0.3 is 14.8 Å². The molecule has 0 spiro atoms. The molecule has 1 aromatic heterocycles. The fourth-order valence-corrected chi connectivity index (χ4v) is 1.77. The van der Waals surface area contributed by atoms with Crippen molar-refractivity contribution in [2.45, 2.75) is 13.0 Å². The van der Waals surface area contributed by atoms with E-state index in [1.54, 1.807) is 6.07 Å². The summed E-state index contributed by atoms with van der Waals surface area (Å²) in [5.41, 5.74) is 0. The van der Waals surface area contributed by atoms with Crippen LogP contribution in [0.3, 0.4) is 0 Å². The molecule has 24 heavy (non-hydrogen) atoms. The van der Waals surface area contributed by atoms with E-state index in [1.165, 1.54) is 37.4 Å². The molecule has 1 N–H and O–H groups in total. The second-order valence-corrected chi connectivity index (χ2v) is 5.17. The Morgan fingerprint density at radius 2 is 2.12 bits per heavy atom. The van der Waals surface area contributed by atoms with Crippen molar-refractivity contribution >= 4 is 29.3 Å². The van der Waals surface area contributed by atoms with Gasteiger partial charge in [0.2, 0.25) is 0 Å². The monoisotopic (exact) mass is 352 g/mol. The molecule has 8 heteroatoms. The molecule has 0 unspecified atom stereocenters. The Labute approximate surface area is 142 Å². The molecular weight excluding hydrogens is 339 g/mol. The number of benzene rings is 1. The van der Waals surface area contributed by atoms with Crippen molar-refractivity contribution in [3.63, 3.8) is 0 Å². The number of amides is 1. The standard InChI is InChI=1S/C16H14ClFN2O4/c1-10(16(22)20-14-6-5-11(17)8-19-14)24-15(21)9-23-13-4-2-3-12(18)7-13/h2-8,10H,9H2,1H3,(H,19,20,22)/t10-/m0/s1. The van der Waals surface area contributed by atoms with Gasteiger partial charge in [0.15, 0.2) is 12.7 Å². The number of hydrogen-bond donors (Lipinski definition) is 1. The van der Waals surface area contributed by atoms with Gasteiger partial charge in [0.25, 0.3) is 5.91 Å². The number of pyridine rings is 1. The summed E-state index contributed by atoms with van der Waals surface area (Å²) < 4.78 is 23.0. The topological polar surface area (TPSA) is 77.5 Å². The maximum atomic E-state index is 13.0. The van der Waals surface area contributed by atoms with Crippen molar-refractivity contribution in [1.82, 2.24) is 4.98 Å². The van der Waals surface area contributed by atoms with E-state index in [-0.39, 0.29) is 11.6 Å². The number of nitrogens with one attached hydrogen (secondary N) is 1. The first-order valence-corrected chi connectivity index (χ1v) is 7.32. The molecule has 0 aliphatic carbocycles. The smallest absolute Gasteiger partial charge is 0.344 e. The lowest BCUT2D eigenvalue weighted by Crippen LogP contribution is -2.31. The lowest BCUT2D eigenvalue weighted by atomic mass is 10.3. The van der Waals surface area contributed by atoms with Crippen molar-refractivity contribution in [1.29, 1.82) is 0 Å². The number of nitrogens with zero attached hydrogens (tertiary/aromatic N) is 1. The van der Waals surface area contributed by atoms with Gasteiger partial charge in [-0.25, -0.2) is 14.2 Å². The maximum Gasteiger partial charge on any atom is 0.344 e. The molecule has 0 saturated heterocycles. The van der Waals surface area contributed by atoms with Gasteiger partial charge in [0, 0.05) is 12.3 Å². The molecular formula is C16H14ClFN2O4.